The van der Waals surface area contributed by atoms with Crippen LogP contribution in [0.25, 0.3) is 0 Å². The molecule has 7 nitrogen and oxygen atoms in total. The second-order valence-electron chi connectivity index (χ2n) is 6.51. The van der Waals surface area contributed by atoms with Crippen molar-refractivity contribution in [1.82, 2.24) is 24.1 Å². The van der Waals surface area contributed by atoms with E-state index in [-0.39, 0.29) is 23.7 Å². The van der Waals surface area contributed by atoms with Crippen LogP contribution in [0, 0.1) is 13.8 Å². The zero-order valence-corrected chi connectivity index (χ0v) is 16.9. The van der Waals surface area contributed by atoms with Gasteiger partial charge in [-0.3, -0.25) is 4.68 Å². The lowest BCUT2D eigenvalue weighted by Crippen LogP contribution is -2.32. The maximum Gasteiger partial charge on any atom is 0.259 e. The summed E-state index contributed by atoms with van der Waals surface area (Å²) in [5, 5.41) is 6.55. The van der Waals surface area contributed by atoms with Crippen molar-refractivity contribution in [2.24, 2.45) is 0 Å². The first-order valence-corrected chi connectivity index (χ1v) is 10.7. The molecule has 0 aromatic carbocycles. The number of thiophene rings is 1. The molecule has 0 radical (unpaired) electrons. The van der Waals surface area contributed by atoms with Crippen LogP contribution in [0.1, 0.15) is 42.2 Å². The van der Waals surface area contributed by atoms with Crippen LogP contribution >= 0.6 is 11.3 Å². The molecule has 0 fully saturated rings. The van der Waals surface area contributed by atoms with Gasteiger partial charge in [0.1, 0.15) is 0 Å². The third kappa shape index (κ3) is 3.89. The lowest BCUT2D eigenvalue weighted by Gasteiger charge is -2.18. The Kier molecular flexibility index (Phi) is 5.31. The molecule has 1 atom stereocenters. The second kappa shape index (κ2) is 7.34. The van der Waals surface area contributed by atoms with E-state index in [4.69, 9.17) is 0 Å². The lowest BCUT2D eigenvalue weighted by atomic mass is 10.2. The molecule has 3 rings (SSSR count). The Labute approximate surface area is 157 Å². The Morgan fingerprint density at radius 2 is 2.08 bits per heavy atom. The molecule has 1 unspecified atom stereocenters. The van der Waals surface area contributed by atoms with Crippen molar-refractivity contribution in [1.29, 1.82) is 0 Å². The first-order chi connectivity index (χ1) is 12.3. The van der Waals surface area contributed by atoms with Crippen molar-refractivity contribution < 1.29 is 8.42 Å². The molecule has 9 heteroatoms. The van der Waals surface area contributed by atoms with Gasteiger partial charge in [-0.25, -0.2) is 18.1 Å². The highest BCUT2D eigenvalue weighted by molar-refractivity contribution is 7.89. The zero-order chi connectivity index (χ0) is 18.9. The number of aryl methyl sites for hydroxylation is 2. The normalized spacial score (nSPS) is 13.4. The molecule has 0 aliphatic heterocycles. The van der Waals surface area contributed by atoms with Gasteiger partial charge in [-0.05, 0) is 45.2 Å². The number of nitrogens with zero attached hydrogens (tertiary/aromatic N) is 4. The fourth-order valence-corrected chi connectivity index (χ4v) is 4.53. The number of sulfonamides is 1. The summed E-state index contributed by atoms with van der Waals surface area (Å²) < 4.78 is 31.6. The monoisotopic (exact) mass is 393 g/mol. The predicted molar refractivity (Wildman–Crippen MR) is 102 cm³/mol. The minimum absolute atomic E-state index is 0.0319. The van der Waals surface area contributed by atoms with E-state index >= 15 is 0 Å². The van der Waals surface area contributed by atoms with Gasteiger partial charge in [-0.2, -0.15) is 5.10 Å². The molecule has 0 aliphatic carbocycles. The van der Waals surface area contributed by atoms with Crippen molar-refractivity contribution in [3.05, 3.63) is 52.4 Å². The maximum absolute atomic E-state index is 12.7. The average molecular weight is 394 g/mol. The molecule has 3 aromatic heterocycles. The number of imidazole rings is 1. The Bertz CT molecular complexity index is 971. The van der Waals surface area contributed by atoms with E-state index in [2.05, 4.69) is 14.8 Å². The first-order valence-electron chi connectivity index (χ1n) is 8.37. The van der Waals surface area contributed by atoms with E-state index in [1.165, 1.54) is 6.33 Å². The molecule has 0 spiro atoms. The predicted octanol–water partition coefficient (Wildman–Crippen LogP) is 2.91. The van der Waals surface area contributed by atoms with Gasteiger partial charge in [0.05, 0.1) is 18.1 Å². The van der Waals surface area contributed by atoms with Crippen molar-refractivity contribution in [2.45, 2.75) is 44.8 Å². The van der Waals surface area contributed by atoms with Gasteiger partial charge in [0.2, 0.25) is 0 Å². The Morgan fingerprint density at radius 1 is 1.31 bits per heavy atom. The van der Waals surface area contributed by atoms with Gasteiger partial charge in [-0.1, -0.05) is 6.07 Å². The summed E-state index contributed by atoms with van der Waals surface area (Å²) in [4.78, 5) is 5.08. The lowest BCUT2D eigenvalue weighted by molar-refractivity contribution is 0.499. The summed E-state index contributed by atoms with van der Waals surface area (Å²) in [6.45, 7) is 8.05. The topological polar surface area (TPSA) is 81.8 Å². The molecule has 140 valence electrons. The summed E-state index contributed by atoms with van der Waals surface area (Å²) in [6, 6.07) is 5.88. The number of rotatable bonds is 7. The molecule has 26 heavy (non-hydrogen) atoms. The molecule has 0 bridgehead atoms. The Morgan fingerprint density at radius 3 is 2.62 bits per heavy atom. The summed E-state index contributed by atoms with van der Waals surface area (Å²) in [6.07, 6.45) is 3.09. The molecule has 0 amide bonds. The van der Waals surface area contributed by atoms with Crippen LogP contribution in [0.15, 0.2) is 41.1 Å². The van der Waals surface area contributed by atoms with Gasteiger partial charge in [0, 0.05) is 29.4 Å². The second-order valence-corrected chi connectivity index (χ2v) is 9.20. The Hall–Kier alpha value is -1.97. The summed E-state index contributed by atoms with van der Waals surface area (Å²) in [5.41, 5.74) is 1.90. The van der Waals surface area contributed by atoms with Crippen molar-refractivity contribution in [2.75, 3.05) is 6.54 Å². The van der Waals surface area contributed by atoms with Crippen LogP contribution in [0.4, 0.5) is 0 Å². The SMILES string of the molecule is Cc1cc(C)n(C(CNS(=O)(=O)c2cn(C(C)C)cn2)c2cccs2)n1. The first kappa shape index (κ1) is 18.8. The van der Waals surface area contributed by atoms with Crippen LogP contribution in [0.5, 0.6) is 0 Å². The van der Waals surface area contributed by atoms with Gasteiger partial charge in [-0.15, -0.1) is 11.3 Å². The van der Waals surface area contributed by atoms with Crippen molar-refractivity contribution in [3.8, 4) is 0 Å². The van der Waals surface area contributed by atoms with Crippen LogP contribution < -0.4 is 4.72 Å². The molecule has 0 saturated carbocycles. The van der Waals surface area contributed by atoms with E-state index < -0.39 is 10.0 Å². The molecule has 3 heterocycles. The van der Waals surface area contributed by atoms with Gasteiger partial charge in [0.15, 0.2) is 5.03 Å². The number of hydrogen-bond acceptors (Lipinski definition) is 5. The average Bonchev–Trinajstić information content (AvgIpc) is 3.29. The number of hydrogen-bond donors (Lipinski definition) is 1. The highest BCUT2D eigenvalue weighted by atomic mass is 32.2. The van der Waals surface area contributed by atoms with E-state index in [0.717, 1.165) is 16.3 Å². The minimum Gasteiger partial charge on any atom is -0.334 e. The van der Waals surface area contributed by atoms with Gasteiger partial charge < -0.3 is 4.57 Å². The summed E-state index contributed by atoms with van der Waals surface area (Å²) in [5.74, 6) is 0. The number of aromatic nitrogens is 4. The molecule has 0 saturated heterocycles. The largest absolute Gasteiger partial charge is 0.334 e. The molecular weight excluding hydrogens is 370 g/mol. The minimum atomic E-state index is -3.69. The quantitative estimate of drug-likeness (QED) is 0.669. The third-order valence-electron chi connectivity index (χ3n) is 4.13. The van der Waals surface area contributed by atoms with E-state index in [1.54, 1.807) is 22.1 Å². The fourth-order valence-electron chi connectivity index (χ4n) is 2.75. The molecule has 1 N–H and O–H groups in total. The van der Waals surface area contributed by atoms with E-state index in [0.29, 0.717) is 0 Å². The summed E-state index contributed by atoms with van der Waals surface area (Å²) >= 11 is 1.58. The highest BCUT2D eigenvalue weighted by Gasteiger charge is 2.23. The van der Waals surface area contributed by atoms with Crippen LogP contribution in [0.2, 0.25) is 0 Å². The van der Waals surface area contributed by atoms with Gasteiger partial charge >= 0.3 is 0 Å². The van der Waals surface area contributed by atoms with Crippen molar-refractivity contribution in [3.63, 3.8) is 0 Å². The van der Waals surface area contributed by atoms with Crippen LogP contribution in [-0.2, 0) is 10.0 Å². The smallest absolute Gasteiger partial charge is 0.259 e. The number of nitrogens with one attached hydrogen (secondary N) is 1. The zero-order valence-electron chi connectivity index (χ0n) is 15.2. The Balaban J connectivity index is 1.84. The van der Waals surface area contributed by atoms with E-state index in [1.807, 2.05) is 56.0 Å². The summed E-state index contributed by atoms with van der Waals surface area (Å²) in [7, 11) is -3.69. The van der Waals surface area contributed by atoms with Crippen LogP contribution in [0.3, 0.4) is 0 Å². The molecule has 3 aromatic rings. The standard InChI is InChI=1S/C17H23N5O2S2/c1-12(2)21-10-17(18-11-21)26(23,24)19-9-15(16-6-5-7-25-16)22-14(4)8-13(3)20-22/h5-8,10-12,15,19H,9H2,1-4H3. The van der Waals surface area contributed by atoms with Gasteiger partial charge in [0.25, 0.3) is 10.0 Å². The third-order valence-corrected chi connectivity index (χ3v) is 6.41. The van der Waals surface area contributed by atoms with Crippen molar-refractivity contribution >= 4 is 21.4 Å². The molecular formula is C17H23N5O2S2. The maximum atomic E-state index is 12.7. The van der Waals surface area contributed by atoms with Crippen LogP contribution in [-0.4, -0.2) is 34.3 Å². The fraction of sp³-hybridized carbons (Fsp3) is 0.412. The highest BCUT2D eigenvalue weighted by Crippen LogP contribution is 2.24. The van der Waals surface area contributed by atoms with E-state index in [9.17, 15) is 8.42 Å². The molecule has 0 aliphatic rings.